The number of anilines is 1. The highest BCUT2D eigenvalue weighted by atomic mass is 35.5. The molecule has 7 heteroatoms. The van der Waals surface area contributed by atoms with Gasteiger partial charge in [-0.15, -0.1) is 0 Å². The van der Waals surface area contributed by atoms with E-state index in [1.54, 1.807) is 24.3 Å². The lowest BCUT2D eigenvalue weighted by Gasteiger charge is -2.11. The Morgan fingerprint density at radius 1 is 1.00 bits per heavy atom. The van der Waals surface area contributed by atoms with E-state index in [0.29, 0.717) is 21.3 Å². The van der Waals surface area contributed by atoms with Crippen molar-refractivity contribution in [2.24, 2.45) is 5.73 Å². The Bertz CT molecular complexity index is 734. The number of hydrogen-bond donors (Lipinski definition) is 2. The molecular weight excluding hydrogens is 351 g/mol. The largest absolute Gasteiger partial charge is 0.389 e. The smallest absolute Gasteiger partial charge is 0.257 e. The number of hydrogen-bond acceptors (Lipinski definition) is 2. The van der Waals surface area contributed by atoms with Gasteiger partial charge in [0.1, 0.15) is 4.99 Å². The second-order valence-electron chi connectivity index (χ2n) is 4.13. The molecular formula is C14H9Cl3N2OS. The summed E-state index contributed by atoms with van der Waals surface area (Å²) in [6, 6.07) is 9.45. The zero-order valence-electron chi connectivity index (χ0n) is 10.5. The zero-order valence-corrected chi connectivity index (χ0v) is 13.6. The Hall–Kier alpha value is -1.33. The number of halogens is 3. The minimum Gasteiger partial charge on any atom is -0.389 e. The first-order valence-corrected chi connectivity index (χ1v) is 7.28. The lowest BCUT2D eigenvalue weighted by atomic mass is 10.1. The summed E-state index contributed by atoms with van der Waals surface area (Å²) >= 11 is 22.7. The van der Waals surface area contributed by atoms with Crippen LogP contribution < -0.4 is 11.1 Å². The predicted octanol–water partition coefficient (Wildman–Crippen LogP) is 4.53. The van der Waals surface area contributed by atoms with Crippen LogP contribution in [0.15, 0.2) is 36.4 Å². The summed E-state index contributed by atoms with van der Waals surface area (Å²) in [7, 11) is 0. The highest BCUT2D eigenvalue weighted by Gasteiger charge is 2.14. The second-order valence-corrected chi connectivity index (χ2v) is 5.85. The van der Waals surface area contributed by atoms with Crippen LogP contribution in [0.1, 0.15) is 15.9 Å². The van der Waals surface area contributed by atoms with Gasteiger partial charge in [0.15, 0.2) is 0 Å². The van der Waals surface area contributed by atoms with Crippen molar-refractivity contribution in [3.05, 3.63) is 62.6 Å². The number of benzene rings is 2. The summed E-state index contributed by atoms with van der Waals surface area (Å²) in [5.41, 5.74) is 6.85. The molecule has 2 aromatic carbocycles. The average Bonchev–Trinajstić information content (AvgIpc) is 2.37. The van der Waals surface area contributed by atoms with Crippen molar-refractivity contribution in [1.82, 2.24) is 0 Å². The molecule has 0 aliphatic carbocycles. The molecule has 0 atom stereocenters. The molecule has 0 saturated heterocycles. The van der Waals surface area contributed by atoms with Crippen molar-refractivity contribution in [3.8, 4) is 0 Å². The fraction of sp³-hybridized carbons (Fsp3) is 0. The van der Waals surface area contributed by atoms with E-state index >= 15 is 0 Å². The predicted molar refractivity (Wildman–Crippen MR) is 91.8 cm³/mol. The number of nitrogens with one attached hydrogen (secondary N) is 1. The van der Waals surface area contributed by atoms with Gasteiger partial charge in [-0.05, 0) is 36.4 Å². The van der Waals surface area contributed by atoms with Gasteiger partial charge in [-0.3, -0.25) is 4.79 Å². The molecule has 0 spiro atoms. The van der Waals surface area contributed by atoms with Crippen molar-refractivity contribution in [2.75, 3.05) is 5.32 Å². The maximum Gasteiger partial charge on any atom is 0.257 e. The van der Waals surface area contributed by atoms with Crippen LogP contribution >= 0.6 is 47.0 Å². The van der Waals surface area contributed by atoms with Gasteiger partial charge in [0.2, 0.25) is 0 Å². The number of thiocarbonyl (C=S) groups is 1. The highest BCUT2D eigenvalue weighted by molar-refractivity contribution is 7.80. The zero-order chi connectivity index (χ0) is 15.6. The third-order valence-corrected chi connectivity index (χ3v) is 3.67. The topological polar surface area (TPSA) is 55.1 Å². The van der Waals surface area contributed by atoms with Crippen LogP contribution in [0.4, 0.5) is 5.69 Å². The number of rotatable bonds is 3. The van der Waals surface area contributed by atoms with Crippen LogP contribution in [0, 0.1) is 0 Å². The first kappa shape index (κ1) is 16.0. The third-order valence-electron chi connectivity index (χ3n) is 2.67. The van der Waals surface area contributed by atoms with Crippen LogP contribution in [0.25, 0.3) is 0 Å². The maximum atomic E-state index is 12.3. The number of nitrogens with two attached hydrogens (primary N) is 1. The fourth-order valence-corrected chi connectivity index (χ4v) is 2.54. The van der Waals surface area contributed by atoms with E-state index in [4.69, 9.17) is 52.8 Å². The molecule has 21 heavy (non-hydrogen) atoms. The highest BCUT2D eigenvalue weighted by Crippen LogP contribution is 2.25. The van der Waals surface area contributed by atoms with E-state index in [1.807, 2.05) is 0 Å². The number of carbonyl (C=O) groups is 1. The van der Waals surface area contributed by atoms with Gasteiger partial charge in [0, 0.05) is 15.6 Å². The summed E-state index contributed by atoms with van der Waals surface area (Å²) in [5, 5.41) is 3.84. The molecule has 0 heterocycles. The van der Waals surface area contributed by atoms with Crippen LogP contribution in [0.3, 0.4) is 0 Å². The third kappa shape index (κ3) is 3.86. The molecule has 3 N–H and O–H groups in total. The number of amides is 1. The molecule has 0 bridgehead atoms. The molecule has 108 valence electrons. The molecule has 0 aliphatic heterocycles. The molecule has 0 aromatic heterocycles. The Morgan fingerprint density at radius 3 is 2.14 bits per heavy atom. The Balaban J connectivity index is 2.35. The first-order valence-electron chi connectivity index (χ1n) is 5.74. The van der Waals surface area contributed by atoms with Crippen molar-refractivity contribution in [2.45, 2.75) is 0 Å². The minimum atomic E-state index is -0.406. The average molecular weight is 360 g/mol. The van der Waals surface area contributed by atoms with E-state index in [9.17, 15) is 4.79 Å². The summed E-state index contributed by atoms with van der Waals surface area (Å²) in [5.74, 6) is -0.406. The molecule has 3 nitrogen and oxygen atoms in total. The SMILES string of the molecule is NC(=S)c1ccc(Cl)cc1NC(=O)c1ccc(Cl)cc1Cl. The van der Waals surface area contributed by atoms with Gasteiger partial charge >= 0.3 is 0 Å². The number of carbonyl (C=O) groups excluding carboxylic acids is 1. The molecule has 0 radical (unpaired) electrons. The summed E-state index contributed by atoms with van der Waals surface area (Å²) in [6.45, 7) is 0. The molecule has 0 saturated carbocycles. The lowest BCUT2D eigenvalue weighted by Crippen LogP contribution is -2.18. The van der Waals surface area contributed by atoms with Crippen LogP contribution in [0.5, 0.6) is 0 Å². The summed E-state index contributed by atoms with van der Waals surface area (Å²) < 4.78 is 0. The van der Waals surface area contributed by atoms with E-state index in [0.717, 1.165) is 0 Å². The molecule has 0 fully saturated rings. The standard InChI is InChI=1S/C14H9Cl3N2OS/c15-7-1-3-9(11(17)5-7)14(20)19-12-6-8(16)2-4-10(12)13(18)21/h1-6H,(H2,18,21)(H,19,20). The molecule has 0 unspecified atom stereocenters. The molecule has 2 rings (SSSR count). The summed E-state index contributed by atoms with van der Waals surface area (Å²) in [4.78, 5) is 12.4. The first-order chi connectivity index (χ1) is 9.88. The van der Waals surface area contributed by atoms with Crippen molar-refractivity contribution in [1.29, 1.82) is 0 Å². The Labute approximate surface area is 142 Å². The van der Waals surface area contributed by atoms with Gasteiger partial charge < -0.3 is 11.1 Å². The molecule has 1 amide bonds. The van der Waals surface area contributed by atoms with Gasteiger partial charge in [-0.25, -0.2) is 0 Å². The Kier molecular flexibility index (Phi) is 5.06. The summed E-state index contributed by atoms with van der Waals surface area (Å²) in [6.07, 6.45) is 0. The molecule has 2 aromatic rings. The van der Waals surface area contributed by atoms with Gasteiger partial charge in [-0.1, -0.05) is 47.0 Å². The van der Waals surface area contributed by atoms with Crippen molar-refractivity contribution in [3.63, 3.8) is 0 Å². The normalized spacial score (nSPS) is 10.2. The fourth-order valence-electron chi connectivity index (χ4n) is 1.70. The van der Waals surface area contributed by atoms with Gasteiger partial charge in [0.05, 0.1) is 16.3 Å². The van der Waals surface area contributed by atoms with Crippen LogP contribution in [0.2, 0.25) is 15.1 Å². The molecule has 0 aliphatic rings. The van der Waals surface area contributed by atoms with E-state index in [1.165, 1.54) is 12.1 Å². The van der Waals surface area contributed by atoms with E-state index in [-0.39, 0.29) is 15.6 Å². The van der Waals surface area contributed by atoms with Crippen molar-refractivity contribution >= 4 is 63.6 Å². The maximum absolute atomic E-state index is 12.3. The van der Waals surface area contributed by atoms with E-state index in [2.05, 4.69) is 5.32 Å². The van der Waals surface area contributed by atoms with Crippen molar-refractivity contribution < 1.29 is 4.79 Å². The lowest BCUT2D eigenvalue weighted by molar-refractivity contribution is 0.102. The van der Waals surface area contributed by atoms with Crippen LogP contribution in [-0.2, 0) is 0 Å². The monoisotopic (exact) mass is 358 g/mol. The van der Waals surface area contributed by atoms with Gasteiger partial charge in [-0.2, -0.15) is 0 Å². The minimum absolute atomic E-state index is 0.157. The van der Waals surface area contributed by atoms with E-state index < -0.39 is 5.91 Å². The van der Waals surface area contributed by atoms with Crippen LogP contribution in [-0.4, -0.2) is 10.9 Å². The Morgan fingerprint density at radius 2 is 1.57 bits per heavy atom. The second kappa shape index (κ2) is 6.62. The van der Waals surface area contributed by atoms with Gasteiger partial charge in [0.25, 0.3) is 5.91 Å². The quantitative estimate of drug-likeness (QED) is 0.791.